The molecule has 0 aliphatic heterocycles. The molecule has 0 bridgehead atoms. The summed E-state index contributed by atoms with van der Waals surface area (Å²) in [5, 5.41) is -0.367. The third-order valence-electron chi connectivity index (χ3n) is 2.58. The van der Waals surface area contributed by atoms with Crippen molar-refractivity contribution in [3.05, 3.63) is 34.9 Å². The van der Waals surface area contributed by atoms with Crippen LogP contribution < -0.4 is 0 Å². The van der Waals surface area contributed by atoms with Gasteiger partial charge in [0.1, 0.15) is 0 Å². The van der Waals surface area contributed by atoms with E-state index >= 15 is 0 Å². The molecule has 0 atom stereocenters. The number of halogens is 1. The van der Waals surface area contributed by atoms with Crippen LogP contribution >= 0.6 is 11.6 Å². The van der Waals surface area contributed by atoms with E-state index in [0.717, 1.165) is 5.56 Å². The SMILES string of the molecule is CC(C)c1ccc(C(=O)Cl)c(C(C)C)c1. The molecule has 0 aromatic heterocycles. The van der Waals surface area contributed by atoms with Crippen LogP contribution in [0.25, 0.3) is 0 Å². The van der Waals surface area contributed by atoms with Crippen LogP contribution in [0.5, 0.6) is 0 Å². The standard InChI is InChI=1S/C13H17ClO/c1-8(2)10-5-6-11(13(14)15)12(7-10)9(3)4/h5-9H,1-4H3. The fraction of sp³-hybridized carbons (Fsp3) is 0.462. The first kappa shape index (κ1) is 12.3. The molecule has 0 saturated carbocycles. The van der Waals surface area contributed by atoms with Crippen molar-refractivity contribution in [1.82, 2.24) is 0 Å². The Bertz CT molecular complexity index is 367. The molecule has 1 nitrogen and oxygen atoms in total. The zero-order valence-corrected chi connectivity index (χ0v) is 10.4. The van der Waals surface area contributed by atoms with Gasteiger partial charge in [-0.05, 0) is 40.6 Å². The van der Waals surface area contributed by atoms with Gasteiger partial charge in [-0.15, -0.1) is 0 Å². The zero-order chi connectivity index (χ0) is 11.6. The maximum absolute atomic E-state index is 11.2. The quantitative estimate of drug-likeness (QED) is 0.700. The first-order valence-corrected chi connectivity index (χ1v) is 5.65. The predicted octanol–water partition coefficient (Wildman–Crippen LogP) is 4.31. The molecule has 0 spiro atoms. The third-order valence-corrected chi connectivity index (χ3v) is 2.78. The first-order valence-electron chi connectivity index (χ1n) is 5.27. The van der Waals surface area contributed by atoms with E-state index in [9.17, 15) is 4.79 Å². The number of carbonyl (C=O) groups is 1. The second kappa shape index (κ2) is 4.80. The highest BCUT2D eigenvalue weighted by molar-refractivity contribution is 6.67. The van der Waals surface area contributed by atoms with Crippen LogP contribution in [0.2, 0.25) is 0 Å². The van der Waals surface area contributed by atoms with Gasteiger partial charge in [-0.25, -0.2) is 0 Å². The molecule has 0 amide bonds. The lowest BCUT2D eigenvalue weighted by Gasteiger charge is -2.13. The fourth-order valence-corrected chi connectivity index (χ4v) is 1.77. The van der Waals surface area contributed by atoms with Crippen molar-refractivity contribution in [2.24, 2.45) is 0 Å². The van der Waals surface area contributed by atoms with Gasteiger partial charge in [0.05, 0.1) is 0 Å². The second-order valence-corrected chi connectivity index (χ2v) is 4.77. The molecular formula is C13H17ClO. The average Bonchev–Trinajstić information content (AvgIpc) is 2.16. The van der Waals surface area contributed by atoms with Gasteiger partial charge in [-0.2, -0.15) is 0 Å². The summed E-state index contributed by atoms with van der Waals surface area (Å²) < 4.78 is 0. The fourth-order valence-electron chi connectivity index (χ4n) is 1.60. The van der Waals surface area contributed by atoms with Crippen LogP contribution in [0.4, 0.5) is 0 Å². The minimum Gasteiger partial charge on any atom is -0.276 e. The van der Waals surface area contributed by atoms with Gasteiger partial charge < -0.3 is 0 Å². The molecule has 82 valence electrons. The molecule has 0 aliphatic carbocycles. The summed E-state index contributed by atoms with van der Waals surface area (Å²) >= 11 is 5.55. The van der Waals surface area contributed by atoms with E-state index in [1.165, 1.54) is 5.56 Å². The highest BCUT2D eigenvalue weighted by Crippen LogP contribution is 2.25. The maximum atomic E-state index is 11.2. The second-order valence-electron chi connectivity index (χ2n) is 4.43. The van der Waals surface area contributed by atoms with Crippen molar-refractivity contribution in [2.45, 2.75) is 39.5 Å². The molecule has 0 unspecified atom stereocenters. The molecular weight excluding hydrogens is 208 g/mol. The van der Waals surface area contributed by atoms with Gasteiger partial charge in [0.15, 0.2) is 0 Å². The largest absolute Gasteiger partial charge is 0.276 e. The van der Waals surface area contributed by atoms with Gasteiger partial charge >= 0.3 is 0 Å². The number of carbonyl (C=O) groups excluding carboxylic acids is 1. The summed E-state index contributed by atoms with van der Waals surface area (Å²) in [6, 6.07) is 5.90. The minimum atomic E-state index is -0.367. The zero-order valence-electron chi connectivity index (χ0n) is 9.67. The highest BCUT2D eigenvalue weighted by atomic mass is 35.5. The molecule has 0 heterocycles. The van der Waals surface area contributed by atoms with E-state index in [-0.39, 0.29) is 5.24 Å². The van der Waals surface area contributed by atoms with Crippen LogP contribution in [-0.2, 0) is 0 Å². The molecule has 0 aliphatic rings. The maximum Gasteiger partial charge on any atom is 0.252 e. The Morgan fingerprint density at radius 3 is 2.13 bits per heavy atom. The Balaban J connectivity index is 3.27. The smallest absolute Gasteiger partial charge is 0.252 e. The van der Waals surface area contributed by atoms with Crippen molar-refractivity contribution in [2.75, 3.05) is 0 Å². The summed E-state index contributed by atoms with van der Waals surface area (Å²) in [4.78, 5) is 11.2. The van der Waals surface area contributed by atoms with Gasteiger partial charge in [0.25, 0.3) is 5.24 Å². The van der Waals surface area contributed by atoms with E-state index in [4.69, 9.17) is 11.6 Å². The average molecular weight is 225 g/mol. The topological polar surface area (TPSA) is 17.1 Å². The predicted molar refractivity (Wildman–Crippen MR) is 64.8 cm³/mol. The molecule has 0 saturated heterocycles. The normalized spacial score (nSPS) is 11.1. The molecule has 1 aromatic rings. The van der Waals surface area contributed by atoms with Gasteiger partial charge in [-0.3, -0.25) is 4.79 Å². The summed E-state index contributed by atoms with van der Waals surface area (Å²) in [5.41, 5.74) is 2.93. The van der Waals surface area contributed by atoms with Crippen molar-refractivity contribution >= 4 is 16.8 Å². The molecule has 1 rings (SSSR count). The van der Waals surface area contributed by atoms with Crippen molar-refractivity contribution in [1.29, 1.82) is 0 Å². The van der Waals surface area contributed by atoms with Crippen LogP contribution in [0.1, 0.15) is 61.0 Å². The molecule has 15 heavy (non-hydrogen) atoms. The Morgan fingerprint density at radius 2 is 1.73 bits per heavy atom. The van der Waals surface area contributed by atoms with Crippen LogP contribution in [-0.4, -0.2) is 5.24 Å². The van der Waals surface area contributed by atoms with Crippen LogP contribution in [0.15, 0.2) is 18.2 Å². The van der Waals surface area contributed by atoms with E-state index < -0.39 is 0 Å². The summed E-state index contributed by atoms with van der Waals surface area (Å²) in [6.07, 6.45) is 0. The molecule has 1 aromatic carbocycles. The summed E-state index contributed by atoms with van der Waals surface area (Å²) in [7, 11) is 0. The lowest BCUT2D eigenvalue weighted by atomic mass is 9.92. The number of benzene rings is 1. The number of rotatable bonds is 3. The van der Waals surface area contributed by atoms with Gasteiger partial charge in [0.2, 0.25) is 0 Å². The Labute approximate surface area is 96.5 Å². The Morgan fingerprint density at radius 1 is 1.13 bits per heavy atom. The first-order chi connectivity index (χ1) is 6.93. The van der Waals surface area contributed by atoms with Crippen molar-refractivity contribution < 1.29 is 4.79 Å². The van der Waals surface area contributed by atoms with Gasteiger partial charge in [0, 0.05) is 5.56 Å². The van der Waals surface area contributed by atoms with Gasteiger partial charge in [-0.1, -0.05) is 39.8 Å². The minimum absolute atomic E-state index is 0.321. The van der Waals surface area contributed by atoms with E-state index in [1.54, 1.807) is 0 Å². The van der Waals surface area contributed by atoms with Crippen molar-refractivity contribution in [3.8, 4) is 0 Å². The van der Waals surface area contributed by atoms with Crippen LogP contribution in [0, 0.1) is 0 Å². The monoisotopic (exact) mass is 224 g/mol. The molecule has 0 fully saturated rings. The molecule has 2 heteroatoms. The van der Waals surface area contributed by atoms with E-state index in [1.807, 2.05) is 12.1 Å². The van der Waals surface area contributed by atoms with E-state index in [2.05, 4.69) is 33.8 Å². The van der Waals surface area contributed by atoms with Crippen LogP contribution in [0.3, 0.4) is 0 Å². The van der Waals surface area contributed by atoms with E-state index in [0.29, 0.717) is 17.4 Å². The van der Waals surface area contributed by atoms with Crippen molar-refractivity contribution in [3.63, 3.8) is 0 Å². The molecule has 0 N–H and O–H groups in total. The Kier molecular flexibility index (Phi) is 3.92. The lowest BCUT2D eigenvalue weighted by Crippen LogP contribution is -2.01. The highest BCUT2D eigenvalue weighted by Gasteiger charge is 2.13. The number of hydrogen-bond donors (Lipinski definition) is 0. The summed E-state index contributed by atoms with van der Waals surface area (Å²) in [6.45, 7) is 8.43. The number of hydrogen-bond acceptors (Lipinski definition) is 1. The molecule has 0 radical (unpaired) electrons. The Hall–Kier alpha value is -0.820. The lowest BCUT2D eigenvalue weighted by molar-refractivity contribution is 0.108. The summed E-state index contributed by atoms with van der Waals surface area (Å²) in [5.74, 6) is 0.795. The third kappa shape index (κ3) is 2.82.